The molecule has 2 rings (SSSR count). The van der Waals surface area contributed by atoms with Crippen LogP contribution in [0.4, 0.5) is 5.69 Å². The van der Waals surface area contributed by atoms with Gasteiger partial charge in [-0.2, -0.15) is 0 Å². The first-order valence-corrected chi connectivity index (χ1v) is 6.14. The van der Waals surface area contributed by atoms with Gasteiger partial charge in [0.15, 0.2) is 0 Å². The molecule has 0 spiro atoms. The third-order valence-corrected chi connectivity index (χ3v) is 3.62. The Bertz CT molecular complexity index is 442. The van der Waals surface area contributed by atoms with Gasteiger partial charge in [0.2, 0.25) is 10.0 Å². The van der Waals surface area contributed by atoms with Gasteiger partial charge in [-0.25, -0.2) is 13.6 Å². The molecule has 1 aliphatic heterocycles. The topological polar surface area (TPSA) is 72.2 Å². The monoisotopic (exact) mass is 216 g/mol. The predicted molar refractivity (Wildman–Crippen MR) is 52.2 cm³/mol. The van der Waals surface area contributed by atoms with Gasteiger partial charge in [0.05, 0.1) is 10.8 Å². The Hall–Kier alpha value is -0.720. The van der Waals surface area contributed by atoms with Crippen molar-refractivity contribution in [3.05, 3.63) is 18.2 Å². The SMILES string of the molecule is NS(=O)(=O)c1ccc2c(c1)SCN2. The van der Waals surface area contributed by atoms with Crippen molar-refractivity contribution >= 4 is 27.5 Å². The van der Waals surface area contributed by atoms with Crippen LogP contribution in [-0.2, 0) is 10.0 Å². The number of nitrogens with one attached hydrogen (secondary N) is 1. The third kappa shape index (κ3) is 1.65. The molecule has 0 radical (unpaired) electrons. The van der Waals surface area contributed by atoms with Crippen LogP contribution < -0.4 is 10.5 Å². The lowest BCUT2D eigenvalue weighted by Crippen LogP contribution is -2.11. The number of rotatable bonds is 1. The van der Waals surface area contributed by atoms with E-state index in [0.717, 1.165) is 16.5 Å². The highest BCUT2D eigenvalue weighted by molar-refractivity contribution is 8.00. The summed E-state index contributed by atoms with van der Waals surface area (Å²) in [7, 11) is -3.57. The summed E-state index contributed by atoms with van der Waals surface area (Å²) in [4.78, 5) is 1.11. The Morgan fingerprint density at radius 1 is 1.46 bits per heavy atom. The van der Waals surface area contributed by atoms with Crippen LogP contribution in [0.2, 0.25) is 0 Å². The van der Waals surface area contributed by atoms with Gasteiger partial charge in [-0.05, 0) is 18.2 Å². The Balaban J connectivity index is 2.54. The largest absolute Gasteiger partial charge is 0.375 e. The second-order valence-electron chi connectivity index (χ2n) is 2.67. The molecule has 70 valence electrons. The highest BCUT2D eigenvalue weighted by Gasteiger charge is 2.14. The fourth-order valence-corrected chi connectivity index (χ4v) is 2.64. The smallest absolute Gasteiger partial charge is 0.238 e. The first-order chi connectivity index (χ1) is 6.07. The molecule has 0 aromatic heterocycles. The van der Waals surface area contributed by atoms with Gasteiger partial charge in [0.1, 0.15) is 0 Å². The van der Waals surface area contributed by atoms with Crippen molar-refractivity contribution in [1.29, 1.82) is 0 Å². The quantitative estimate of drug-likeness (QED) is 0.728. The van der Waals surface area contributed by atoms with E-state index in [1.807, 2.05) is 0 Å². The molecule has 6 heteroatoms. The Morgan fingerprint density at radius 3 is 2.92 bits per heavy atom. The van der Waals surface area contributed by atoms with Crippen LogP contribution in [0.15, 0.2) is 28.0 Å². The minimum absolute atomic E-state index is 0.169. The number of primary sulfonamides is 1. The standard InChI is InChI=1S/C7H8N2O2S2/c8-13(10,11)5-1-2-6-7(3-5)12-4-9-6/h1-3,9H,4H2,(H2,8,10,11). The van der Waals surface area contributed by atoms with E-state index in [9.17, 15) is 8.42 Å². The molecule has 3 N–H and O–H groups in total. The van der Waals surface area contributed by atoms with E-state index < -0.39 is 10.0 Å². The van der Waals surface area contributed by atoms with Crippen molar-refractivity contribution in [2.45, 2.75) is 9.79 Å². The van der Waals surface area contributed by atoms with E-state index in [1.54, 1.807) is 23.9 Å². The minimum atomic E-state index is -3.57. The molecule has 13 heavy (non-hydrogen) atoms. The summed E-state index contributed by atoms with van der Waals surface area (Å²) in [5, 5.41) is 8.10. The molecule has 0 atom stereocenters. The van der Waals surface area contributed by atoms with Crippen molar-refractivity contribution < 1.29 is 8.42 Å². The van der Waals surface area contributed by atoms with E-state index in [4.69, 9.17) is 5.14 Å². The summed E-state index contributed by atoms with van der Waals surface area (Å²) < 4.78 is 22.0. The van der Waals surface area contributed by atoms with Gasteiger partial charge in [0, 0.05) is 10.6 Å². The molecule has 1 aromatic rings. The zero-order chi connectivity index (χ0) is 9.47. The van der Waals surface area contributed by atoms with Crippen LogP contribution in [-0.4, -0.2) is 14.3 Å². The van der Waals surface area contributed by atoms with Gasteiger partial charge >= 0.3 is 0 Å². The molecule has 1 aliphatic rings. The second kappa shape index (κ2) is 2.90. The van der Waals surface area contributed by atoms with E-state index >= 15 is 0 Å². The number of hydrogen-bond donors (Lipinski definition) is 2. The number of anilines is 1. The van der Waals surface area contributed by atoms with Gasteiger partial charge in [-0.1, -0.05) is 0 Å². The summed E-state index contributed by atoms with van der Waals surface area (Å²) in [6, 6.07) is 4.83. The molecule has 1 heterocycles. The maximum atomic E-state index is 11.0. The molecule has 4 nitrogen and oxygen atoms in total. The van der Waals surface area contributed by atoms with E-state index in [0.29, 0.717) is 0 Å². The fraction of sp³-hybridized carbons (Fsp3) is 0.143. The number of thioether (sulfide) groups is 1. The molecule has 0 bridgehead atoms. The van der Waals surface area contributed by atoms with Gasteiger partial charge in [-0.15, -0.1) is 11.8 Å². The zero-order valence-electron chi connectivity index (χ0n) is 6.65. The zero-order valence-corrected chi connectivity index (χ0v) is 8.28. The van der Waals surface area contributed by atoms with Crippen LogP contribution in [0.5, 0.6) is 0 Å². The summed E-state index contributed by atoms with van der Waals surface area (Å²) in [5.41, 5.74) is 0.970. The molecule has 0 unspecified atom stereocenters. The number of benzene rings is 1. The Labute approximate surface area is 80.6 Å². The van der Waals surface area contributed by atoms with Gasteiger partial charge < -0.3 is 5.32 Å². The maximum Gasteiger partial charge on any atom is 0.238 e. The van der Waals surface area contributed by atoms with E-state index in [-0.39, 0.29) is 4.90 Å². The molecule has 0 saturated carbocycles. The number of nitrogens with two attached hydrogens (primary N) is 1. The van der Waals surface area contributed by atoms with Gasteiger partial charge in [-0.3, -0.25) is 0 Å². The molecule has 0 aliphatic carbocycles. The average molecular weight is 216 g/mol. The van der Waals surface area contributed by atoms with Crippen molar-refractivity contribution in [2.75, 3.05) is 11.2 Å². The summed E-state index contributed by atoms with van der Waals surface area (Å²) in [5.74, 6) is 0.781. The van der Waals surface area contributed by atoms with Crippen molar-refractivity contribution in [3.63, 3.8) is 0 Å². The normalized spacial score (nSPS) is 15.2. The lowest BCUT2D eigenvalue weighted by Gasteiger charge is -2.00. The van der Waals surface area contributed by atoms with Crippen LogP contribution in [0.3, 0.4) is 0 Å². The third-order valence-electron chi connectivity index (χ3n) is 1.77. The summed E-state index contributed by atoms with van der Waals surface area (Å²) in [6.45, 7) is 0. The molecule has 1 aromatic carbocycles. The second-order valence-corrected chi connectivity index (χ2v) is 5.25. The van der Waals surface area contributed by atoms with Crippen LogP contribution in [0.25, 0.3) is 0 Å². The minimum Gasteiger partial charge on any atom is -0.375 e. The van der Waals surface area contributed by atoms with E-state index in [1.165, 1.54) is 6.07 Å². The molecular formula is C7H8N2O2S2. The van der Waals surface area contributed by atoms with Crippen molar-refractivity contribution in [1.82, 2.24) is 0 Å². The van der Waals surface area contributed by atoms with Crippen LogP contribution in [0, 0.1) is 0 Å². The van der Waals surface area contributed by atoms with Gasteiger partial charge in [0.25, 0.3) is 0 Å². The van der Waals surface area contributed by atoms with Crippen molar-refractivity contribution in [3.8, 4) is 0 Å². The summed E-state index contributed by atoms with van der Waals surface area (Å²) >= 11 is 1.57. The lowest BCUT2D eigenvalue weighted by molar-refractivity contribution is 0.597. The van der Waals surface area contributed by atoms with E-state index in [2.05, 4.69) is 5.32 Å². The van der Waals surface area contributed by atoms with Crippen LogP contribution >= 0.6 is 11.8 Å². The Kier molecular flexibility index (Phi) is 1.98. The first kappa shape index (κ1) is 8.86. The molecule has 0 fully saturated rings. The molecular weight excluding hydrogens is 208 g/mol. The number of hydrogen-bond acceptors (Lipinski definition) is 4. The van der Waals surface area contributed by atoms with Crippen molar-refractivity contribution in [2.24, 2.45) is 5.14 Å². The maximum absolute atomic E-state index is 11.0. The molecule has 0 amide bonds. The molecule has 0 saturated heterocycles. The highest BCUT2D eigenvalue weighted by atomic mass is 32.2. The lowest BCUT2D eigenvalue weighted by atomic mass is 10.3. The first-order valence-electron chi connectivity index (χ1n) is 3.61. The fourth-order valence-electron chi connectivity index (χ4n) is 1.14. The predicted octanol–water partition coefficient (Wildman–Crippen LogP) is 0.809. The number of fused-ring (bicyclic) bond motifs is 1. The highest BCUT2D eigenvalue weighted by Crippen LogP contribution is 2.34. The van der Waals surface area contributed by atoms with Crippen LogP contribution in [0.1, 0.15) is 0 Å². The number of sulfonamides is 1. The Morgan fingerprint density at radius 2 is 2.23 bits per heavy atom. The average Bonchev–Trinajstić information content (AvgIpc) is 2.47. The summed E-state index contributed by atoms with van der Waals surface area (Å²) in [6.07, 6.45) is 0.